The highest BCUT2D eigenvalue weighted by molar-refractivity contribution is 6.33. The maximum Gasteiger partial charge on any atom is 0.255 e. The summed E-state index contributed by atoms with van der Waals surface area (Å²) in [5.74, 6) is 0.404. The molecule has 7 heteroatoms. The van der Waals surface area contributed by atoms with Crippen molar-refractivity contribution in [3.63, 3.8) is 0 Å². The summed E-state index contributed by atoms with van der Waals surface area (Å²) < 4.78 is 6.07. The number of rotatable bonds is 6. The predicted octanol–water partition coefficient (Wildman–Crippen LogP) is 4.66. The second-order valence-corrected chi connectivity index (χ2v) is 8.38. The van der Waals surface area contributed by atoms with E-state index in [2.05, 4.69) is 31.1 Å². The van der Waals surface area contributed by atoms with Gasteiger partial charge in [0.1, 0.15) is 5.75 Å². The number of fused-ring (bicyclic) bond motifs is 2. The molecule has 0 aromatic heterocycles. The molecule has 158 valence electrons. The van der Waals surface area contributed by atoms with Crippen molar-refractivity contribution < 1.29 is 9.53 Å². The van der Waals surface area contributed by atoms with Crippen LogP contribution in [0.3, 0.4) is 0 Å². The Balaban J connectivity index is 0.00000280. The van der Waals surface area contributed by atoms with Gasteiger partial charge in [-0.25, -0.2) is 0 Å². The molecule has 1 aromatic carbocycles. The third-order valence-corrected chi connectivity index (χ3v) is 6.55. The number of anilines is 1. The maximum atomic E-state index is 13.1. The van der Waals surface area contributed by atoms with Crippen molar-refractivity contribution in [2.24, 2.45) is 0 Å². The summed E-state index contributed by atoms with van der Waals surface area (Å²) in [6.07, 6.45) is 7.54. The van der Waals surface area contributed by atoms with E-state index in [1.807, 2.05) is 0 Å². The second-order valence-electron chi connectivity index (χ2n) is 7.97. The summed E-state index contributed by atoms with van der Waals surface area (Å²) in [5.41, 5.74) is 6.87. The molecule has 2 aliphatic heterocycles. The number of nitrogens with two attached hydrogens (primary N) is 1. The van der Waals surface area contributed by atoms with Gasteiger partial charge >= 0.3 is 0 Å². The van der Waals surface area contributed by atoms with E-state index in [1.165, 1.54) is 19.3 Å². The number of benzene rings is 1. The van der Waals surface area contributed by atoms with Gasteiger partial charge < -0.3 is 20.7 Å². The molecule has 0 radical (unpaired) electrons. The number of carbonyl (C=O) groups excluding carboxylic acids is 1. The normalized spacial score (nSPS) is 24.5. The molecule has 1 unspecified atom stereocenters. The van der Waals surface area contributed by atoms with Gasteiger partial charge in [-0.2, -0.15) is 0 Å². The fraction of sp³-hybridized carbons (Fsp3) is 0.667. The first-order valence-electron chi connectivity index (χ1n) is 10.2. The van der Waals surface area contributed by atoms with Gasteiger partial charge in [-0.1, -0.05) is 31.9 Å². The monoisotopic (exact) mass is 429 g/mol. The highest BCUT2D eigenvalue weighted by atomic mass is 35.5. The molecule has 0 saturated carbocycles. The molecule has 1 aromatic rings. The van der Waals surface area contributed by atoms with Crippen LogP contribution in [0.2, 0.25) is 5.02 Å². The molecule has 3 atom stereocenters. The first kappa shape index (κ1) is 23.1. The minimum absolute atomic E-state index is 0. The number of halogens is 2. The summed E-state index contributed by atoms with van der Waals surface area (Å²) >= 11 is 6.21. The quantitative estimate of drug-likeness (QED) is 0.645. The molecule has 0 spiro atoms. The highest BCUT2D eigenvalue weighted by Gasteiger charge is 2.36. The third-order valence-electron chi connectivity index (χ3n) is 6.22. The number of piperidine rings is 2. The van der Waals surface area contributed by atoms with Crippen LogP contribution in [0.15, 0.2) is 12.1 Å². The van der Waals surface area contributed by atoms with Gasteiger partial charge in [0, 0.05) is 24.2 Å². The van der Waals surface area contributed by atoms with E-state index >= 15 is 0 Å². The van der Waals surface area contributed by atoms with Crippen LogP contribution < -0.4 is 15.8 Å². The molecular weight excluding hydrogens is 397 g/mol. The lowest BCUT2D eigenvalue weighted by Crippen LogP contribution is -2.55. The Hall–Kier alpha value is -1.17. The van der Waals surface area contributed by atoms with E-state index in [0.717, 1.165) is 25.7 Å². The summed E-state index contributed by atoms with van der Waals surface area (Å²) in [6.45, 7) is 4.15. The van der Waals surface area contributed by atoms with Crippen LogP contribution in [0.5, 0.6) is 5.75 Å². The van der Waals surface area contributed by atoms with Gasteiger partial charge in [-0.15, -0.1) is 12.4 Å². The van der Waals surface area contributed by atoms with Crippen molar-refractivity contribution in [3.8, 4) is 5.75 Å². The number of hydrogen-bond donors (Lipinski definition) is 2. The Bertz CT molecular complexity index is 668. The molecule has 2 heterocycles. The fourth-order valence-electron chi connectivity index (χ4n) is 4.48. The summed E-state index contributed by atoms with van der Waals surface area (Å²) in [4.78, 5) is 15.5. The van der Waals surface area contributed by atoms with Crippen LogP contribution in [-0.4, -0.2) is 42.1 Å². The molecule has 0 aliphatic carbocycles. The number of nitrogens with one attached hydrogen (secondary N) is 1. The smallest absolute Gasteiger partial charge is 0.255 e. The summed E-state index contributed by atoms with van der Waals surface area (Å²) in [6, 6.07) is 4.65. The number of carbonyl (C=O) groups is 1. The van der Waals surface area contributed by atoms with Gasteiger partial charge in [0.15, 0.2) is 0 Å². The molecular formula is C21H33Cl2N3O2. The van der Waals surface area contributed by atoms with Crippen LogP contribution in [0, 0.1) is 0 Å². The van der Waals surface area contributed by atoms with Crippen LogP contribution in [0.1, 0.15) is 69.2 Å². The third kappa shape index (κ3) is 5.05. The molecule has 3 N–H and O–H groups in total. The molecule has 1 amide bonds. The van der Waals surface area contributed by atoms with Gasteiger partial charge in [-0.05, 0) is 51.6 Å². The van der Waals surface area contributed by atoms with Gasteiger partial charge in [0.25, 0.3) is 5.91 Å². The number of hydrogen-bond acceptors (Lipinski definition) is 4. The molecule has 2 bridgehead atoms. The molecule has 3 rings (SSSR count). The van der Waals surface area contributed by atoms with Gasteiger partial charge in [0.05, 0.1) is 22.4 Å². The van der Waals surface area contributed by atoms with E-state index in [-0.39, 0.29) is 30.5 Å². The van der Waals surface area contributed by atoms with Crippen molar-refractivity contribution >= 4 is 35.6 Å². The van der Waals surface area contributed by atoms with Crippen molar-refractivity contribution in [2.75, 3.05) is 12.8 Å². The van der Waals surface area contributed by atoms with Crippen molar-refractivity contribution in [2.45, 2.75) is 83.0 Å². The molecule has 2 saturated heterocycles. The molecule has 5 nitrogen and oxygen atoms in total. The first-order chi connectivity index (χ1) is 12.9. The number of amides is 1. The predicted molar refractivity (Wildman–Crippen MR) is 118 cm³/mol. The SMILES string of the molecule is CCC(CC)Oc1cc(N)c(Cl)cc1C(=O)N[C@@H]1CC2CCC[C@@H](C1)N2C.Cl. The van der Waals surface area contributed by atoms with Crippen molar-refractivity contribution in [1.29, 1.82) is 0 Å². The zero-order chi connectivity index (χ0) is 19.6. The number of nitrogen functional groups attached to an aromatic ring is 1. The standard InChI is InChI=1S/C21H32ClN3O2.ClH/c1-4-16(5-2)27-20-12-19(23)18(22)11-17(20)21(26)24-13-9-14-7-6-8-15(10-13)25(14)3;/h11-16H,4-10,23H2,1-3H3,(H,24,26);1H/t13-,14-,15?;/m0./s1. The fourth-order valence-corrected chi connectivity index (χ4v) is 4.64. The first-order valence-corrected chi connectivity index (χ1v) is 10.6. The Morgan fingerprint density at radius 2 is 1.89 bits per heavy atom. The van der Waals surface area contributed by atoms with Gasteiger partial charge in [0.2, 0.25) is 0 Å². The molecule has 2 fully saturated rings. The van der Waals surface area contributed by atoms with Crippen LogP contribution in [0.4, 0.5) is 5.69 Å². The van der Waals surface area contributed by atoms with E-state index < -0.39 is 0 Å². The number of ether oxygens (including phenoxy) is 1. The second kappa shape index (κ2) is 10.0. The largest absolute Gasteiger partial charge is 0.490 e. The Kier molecular flexibility index (Phi) is 8.29. The van der Waals surface area contributed by atoms with E-state index in [4.69, 9.17) is 22.1 Å². The van der Waals surface area contributed by atoms with Crippen LogP contribution in [0.25, 0.3) is 0 Å². The minimum Gasteiger partial charge on any atom is -0.490 e. The van der Waals surface area contributed by atoms with Crippen molar-refractivity contribution in [1.82, 2.24) is 10.2 Å². The minimum atomic E-state index is -0.120. The Morgan fingerprint density at radius 3 is 2.46 bits per heavy atom. The van der Waals surface area contributed by atoms with E-state index in [1.54, 1.807) is 12.1 Å². The van der Waals surface area contributed by atoms with E-state index in [9.17, 15) is 4.79 Å². The molecule has 2 aliphatic rings. The average molecular weight is 430 g/mol. The highest BCUT2D eigenvalue weighted by Crippen LogP contribution is 2.34. The lowest BCUT2D eigenvalue weighted by Gasteiger charge is -2.47. The van der Waals surface area contributed by atoms with Crippen LogP contribution in [-0.2, 0) is 0 Å². The lowest BCUT2D eigenvalue weighted by molar-refractivity contribution is 0.0462. The topological polar surface area (TPSA) is 67.6 Å². The zero-order valence-electron chi connectivity index (χ0n) is 17.0. The average Bonchev–Trinajstić information content (AvgIpc) is 2.63. The zero-order valence-corrected chi connectivity index (χ0v) is 18.6. The maximum absolute atomic E-state index is 13.1. The van der Waals surface area contributed by atoms with E-state index in [0.29, 0.717) is 34.1 Å². The Morgan fingerprint density at radius 1 is 1.29 bits per heavy atom. The Labute approximate surface area is 179 Å². The van der Waals surface area contributed by atoms with Gasteiger partial charge in [-0.3, -0.25) is 4.79 Å². The lowest BCUT2D eigenvalue weighted by atomic mass is 9.82. The molecule has 28 heavy (non-hydrogen) atoms. The summed E-state index contributed by atoms with van der Waals surface area (Å²) in [7, 11) is 2.22. The number of nitrogens with zero attached hydrogens (tertiary/aromatic N) is 1. The summed E-state index contributed by atoms with van der Waals surface area (Å²) in [5, 5.41) is 3.62. The van der Waals surface area contributed by atoms with Crippen molar-refractivity contribution in [3.05, 3.63) is 22.7 Å². The van der Waals surface area contributed by atoms with Crippen LogP contribution >= 0.6 is 24.0 Å².